The molecule has 1 unspecified atom stereocenters. The van der Waals surface area contributed by atoms with Crippen LogP contribution in [0.2, 0.25) is 0 Å². The van der Waals surface area contributed by atoms with Crippen LogP contribution in [-0.4, -0.2) is 60.6 Å². The summed E-state index contributed by atoms with van der Waals surface area (Å²) < 4.78 is 21.6. The van der Waals surface area contributed by atoms with Crippen LogP contribution in [0.15, 0.2) is 52.9 Å². The summed E-state index contributed by atoms with van der Waals surface area (Å²) in [5.41, 5.74) is 2.65. The smallest absolute Gasteiger partial charge is 0.336 e. The lowest BCUT2D eigenvalue weighted by molar-refractivity contribution is -0.384. The molecule has 0 saturated heterocycles. The van der Waals surface area contributed by atoms with Crippen LogP contribution >= 0.6 is 0 Å². The van der Waals surface area contributed by atoms with Gasteiger partial charge < -0.3 is 24.3 Å². The Morgan fingerprint density at radius 1 is 0.951 bits per heavy atom. The molecule has 1 aliphatic rings. The van der Waals surface area contributed by atoms with Crippen LogP contribution in [0.4, 0.5) is 5.69 Å². The van der Waals surface area contributed by atoms with E-state index >= 15 is 0 Å². The summed E-state index contributed by atoms with van der Waals surface area (Å²) in [6.07, 6.45) is 4.07. The highest BCUT2D eigenvalue weighted by Crippen LogP contribution is 2.40. The van der Waals surface area contributed by atoms with Gasteiger partial charge in [-0.25, -0.2) is 9.59 Å². The Kier molecular flexibility index (Phi) is 11.9. The molecule has 222 valence electrons. The van der Waals surface area contributed by atoms with E-state index in [-0.39, 0.29) is 36.7 Å². The summed E-state index contributed by atoms with van der Waals surface area (Å²) in [6.45, 7) is 6.39. The number of methoxy groups -OCH3 is 1. The number of aromatic nitrogens is 2. The number of dihydropyridines is 1. The minimum absolute atomic E-state index is 0.0166. The van der Waals surface area contributed by atoms with Gasteiger partial charge in [-0.05, 0) is 51.5 Å². The predicted octanol–water partition coefficient (Wildman–Crippen LogP) is 4.49. The molecule has 0 radical (unpaired) electrons. The molecule has 2 heterocycles. The van der Waals surface area contributed by atoms with Gasteiger partial charge in [-0.15, -0.1) is 5.10 Å². The number of rotatable bonds is 16. The number of esters is 2. The summed E-state index contributed by atoms with van der Waals surface area (Å²) in [4.78, 5) is 37.5. The van der Waals surface area contributed by atoms with Crippen molar-refractivity contribution in [1.82, 2.24) is 15.5 Å². The standard InChI is InChI=1S/C29H38N4O8/c1-5-22-18-24(32-31-22)39-13-8-6-7-9-14-40-28(34)25-19(2)30-20(3)26(29(35)41-16-15-38-4)27(25)21-11-10-12-23(17-21)33(36)37/h10-12,17-18,27,30H,5-9,13-16H2,1-4H3,(H,31,32). The van der Waals surface area contributed by atoms with Crippen molar-refractivity contribution in [3.05, 3.63) is 74.2 Å². The largest absolute Gasteiger partial charge is 0.477 e. The van der Waals surface area contributed by atoms with Gasteiger partial charge >= 0.3 is 11.9 Å². The molecule has 0 aliphatic carbocycles. The van der Waals surface area contributed by atoms with Crippen molar-refractivity contribution in [2.45, 2.75) is 58.8 Å². The number of non-ortho nitro benzene ring substituents is 1. The van der Waals surface area contributed by atoms with Crippen molar-refractivity contribution >= 4 is 17.6 Å². The molecule has 0 bridgehead atoms. The van der Waals surface area contributed by atoms with Crippen molar-refractivity contribution in [3.8, 4) is 5.88 Å². The van der Waals surface area contributed by atoms with Gasteiger partial charge in [0.25, 0.3) is 5.69 Å². The summed E-state index contributed by atoms with van der Waals surface area (Å²) >= 11 is 0. The number of carbonyl (C=O) groups is 2. The lowest BCUT2D eigenvalue weighted by Crippen LogP contribution is -2.33. The SMILES string of the molecule is CCc1cc(OCCCCCCOC(=O)C2=C(C)NC(C)=C(C(=O)OCCOC)C2c2cccc([N+](=O)[O-])c2)n[nH]1. The van der Waals surface area contributed by atoms with Crippen LogP contribution in [0.25, 0.3) is 0 Å². The van der Waals surface area contributed by atoms with Crippen LogP contribution < -0.4 is 10.1 Å². The Balaban J connectivity index is 1.64. The van der Waals surface area contributed by atoms with Crippen LogP contribution in [0.1, 0.15) is 63.6 Å². The molecule has 1 aromatic heterocycles. The van der Waals surface area contributed by atoms with Crippen molar-refractivity contribution in [1.29, 1.82) is 0 Å². The van der Waals surface area contributed by atoms with E-state index in [4.69, 9.17) is 18.9 Å². The van der Waals surface area contributed by atoms with Crippen LogP contribution in [0.3, 0.4) is 0 Å². The minimum atomic E-state index is -0.911. The second kappa shape index (κ2) is 15.6. The number of ether oxygens (including phenoxy) is 4. The van der Waals surface area contributed by atoms with Crippen LogP contribution in [-0.2, 0) is 30.2 Å². The molecule has 1 aromatic carbocycles. The second-order valence-electron chi connectivity index (χ2n) is 9.60. The minimum Gasteiger partial charge on any atom is -0.477 e. The van der Waals surface area contributed by atoms with E-state index in [2.05, 4.69) is 15.5 Å². The van der Waals surface area contributed by atoms with Gasteiger partial charge in [0.05, 0.1) is 41.8 Å². The molecule has 0 fully saturated rings. The first-order chi connectivity index (χ1) is 19.8. The lowest BCUT2D eigenvalue weighted by Gasteiger charge is -2.30. The van der Waals surface area contributed by atoms with Gasteiger partial charge in [0.15, 0.2) is 0 Å². The first-order valence-corrected chi connectivity index (χ1v) is 13.7. The molecule has 0 spiro atoms. The number of nitrogens with zero attached hydrogens (tertiary/aromatic N) is 2. The number of nitrogens with one attached hydrogen (secondary N) is 2. The Bertz CT molecular complexity index is 1280. The van der Waals surface area contributed by atoms with Crippen molar-refractivity contribution < 1.29 is 33.5 Å². The number of carbonyl (C=O) groups excluding carboxylic acids is 2. The van der Waals surface area contributed by atoms with E-state index in [1.54, 1.807) is 19.9 Å². The van der Waals surface area contributed by atoms with Gasteiger partial charge in [0.2, 0.25) is 5.88 Å². The van der Waals surface area contributed by atoms with Crippen molar-refractivity contribution in [3.63, 3.8) is 0 Å². The first kappa shape index (κ1) is 31.3. The predicted molar refractivity (Wildman–Crippen MR) is 150 cm³/mol. The number of unbranched alkanes of at least 4 members (excludes halogenated alkanes) is 3. The lowest BCUT2D eigenvalue weighted by atomic mass is 9.80. The van der Waals surface area contributed by atoms with Gasteiger partial charge in [-0.1, -0.05) is 19.1 Å². The topological polar surface area (TPSA) is 155 Å². The summed E-state index contributed by atoms with van der Waals surface area (Å²) in [6, 6.07) is 7.77. The molecular formula is C29H38N4O8. The Morgan fingerprint density at radius 3 is 2.22 bits per heavy atom. The average molecular weight is 571 g/mol. The zero-order valence-corrected chi connectivity index (χ0v) is 24.0. The molecule has 0 amide bonds. The Hall–Kier alpha value is -4.19. The quantitative estimate of drug-likeness (QED) is 0.128. The third kappa shape index (κ3) is 8.65. The number of aromatic amines is 1. The number of aryl methyl sites for hydroxylation is 1. The van der Waals surface area contributed by atoms with E-state index in [0.29, 0.717) is 35.9 Å². The highest BCUT2D eigenvalue weighted by atomic mass is 16.6. The number of nitro groups is 1. The fraction of sp³-hybridized carbons (Fsp3) is 0.483. The third-order valence-electron chi connectivity index (χ3n) is 6.65. The molecule has 2 aromatic rings. The maximum absolute atomic E-state index is 13.4. The van der Waals surface area contributed by atoms with Crippen LogP contribution in [0.5, 0.6) is 5.88 Å². The maximum Gasteiger partial charge on any atom is 0.336 e. The molecule has 12 nitrogen and oxygen atoms in total. The van der Waals surface area contributed by atoms with E-state index in [9.17, 15) is 19.7 Å². The fourth-order valence-electron chi connectivity index (χ4n) is 4.55. The van der Waals surface area contributed by atoms with E-state index in [0.717, 1.165) is 31.4 Å². The van der Waals surface area contributed by atoms with Gasteiger partial charge in [-0.2, -0.15) is 0 Å². The number of hydrogen-bond donors (Lipinski definition) is 2. The van der Waals surface area contributed by atoms with Crippen molar-refractivity contribution in [2.24, 2.45) is 0 Å². The Labute approximate surface area is 239 Å². The number of nitro benzene ring substituents is 1. The molecule has 1 atom stereocenters. The van der Waals surface area contributed by atoms with Gasteiger partial charge in [0.1, 0.15) is 6.61 Å². The number of hydrogen-bond acceptors (Lipinski definition) is 10. The molecule has 1 aliphatic heterocycles. The molecule has 12 heteroatoms. The Morgan fingerprint density at radius 2 is 1.61 bits per heavy atom. The van der Waals surface area contributed by atoms with E-state index < -0.39 is 22.8 Å². The fourth-order valence-corrected chi connectivity index (χ4v) is 4.55. The average Bonchev–Trinajstić information content (AvgIpc) is 3.42. The monoisotopic (exact) mass is 570 g/mol. The molecular weight excluding hydrogens is 532 g/mol. The molecule has 3 rings (SSSR count). The summed E-state index contributed by atoms with van der Waals surface area (Å²) in [7, 11) is 1.49. The highest BCUT2D eigenvalue weighted by molar-refractivity contribution is 6.00. The first-order valence-electron chi connectivity index (χ1n) is 13.7. The second-order valence-corrected chi connectivity index (χ2v) is 9.60. The van der Waals surface area contributed by atoms with E-state index in [1.165, 1.54) is 25.3 Å². The number of allylic oxidation sites excluding steroid dienone is 2. The zero-order chi connectivity index (χ0) is 29.8. The molecule has 2 N–H and O–H groups in total. The van der Waals surface area contributed by atoms with Gasteiger partial charge in [0, 0.05) is 42.4 Å². The zero-order valence-electron chi connectivity index (χ0n) is 24.0. The summed E-state index contributed by atoms with van der Waals surface area (Å²) in [5.74, 6) is -1.57. The van der Waals surface area contributed by atoms with Crippen LogP contribution in [0, 0.1) is 10.1 Å². The highest BCUT2D eigenvalue weighted by Gasteiger charge is 2.38. The van der Waals surface area contributed by atoms with E-state index in [1.807, 2.05) is 13.0 Å². The van der Waals surface area contributed by atoms with Crippen molar-refractivity contribution in [2.75, 3.05) is 33.5 Å². The molecule has 41 heavy (non-hydrogen) atoms. The normalized spacial score (nSPS) is 15.0. The third-order valence-corrected chi connectivity index (χ3v) is 6.65. The number of H-pyrrole nitrogens is 1. The van der Waals surface area contributed by atoms with Gasteiger partial charge in [-0.3, -0.25) is 15.2 Å². The summed E-state index contributed by atoms with van der Waals surface area (Å²) in [5, 5.41) is 21.6. The molecule has 0 saturated carbocycles. The maximum atomic E-state index is 13.4. The number of benzene rings is 1.